The van der Waals surface area contributed by atoms with Gasteiger partial charge in [-0.3, -0.25) is 0 Å². The van der Waals surface area contributed by atoms with Crippen molar-refractivity contribution in [3.05, 3.63) is 24.7 Å². The first-order valence-electron chi connectivity index (χ1n) is 10.1. The van der Waals surface area contributed by atoms with Gasteiger partial charge < -0.3 is 15.6 Å². The Morgan fingerprint density at radius 2 is 2.13 bits per heavy atom. The topological polar surface area (TPSA) is 129 Å². The first kappa shape index (κ1) is 20.5. The zero-order chi connectivity index (χ0) is 21.1. The zero-order valence-corrected chi connectivity index (χ0v) is 17.9. The SMILES string of the molecule is CCCNc1ncc(-c2cnc3[nH]ccc3n2)c(NC2CCCN(S(C)(=O)=O)C2)n1. The predicted molar refractivity (Wildman–Crippen MR) is 117 cm³/mol. The van der Waals surface area contributed by atoms with E-state index in [1.807, 2.05) is 6.07 Å². The number of rotatable bonds is 7. The van der Waals surface area contributed by atoms with Gasteiger partial charge in [-0.25, -0.2) is 27.7 Å². The Morgan fingerprint density at radius 1 is 1.27 bits per heavy atom. The molecule has 1 aliphatic heterocycles. The maximum absolute atomic E-state index is 12.0. The van der Waals surface area contributed by atoms with Gasteiger partial charge in [-0.15, -0.1) is 0 Å². The van der Waals surface area contributed by atoms with Crippen molar-refractivity contribution in [2.45, 2.75) is 32.2 Å². The number of fused-ring (bicyclic) bond motifs is 1. The van der Waals surface area contributed by atoms with E-state index in [0.717, 1.165) is 36.9 Å². The van der Waals surface area contributed by atoms with Crippen LogP contribution in [0.2, 0.25) is 0 Å². The van der Waals surface area contributed by atoms with E-state index in [0.29, 0.717) is 36.2 Å². The third-order valence-electron chi connectivity index (χ3n) is 5.05. The van der Waals surface area contributed by atoms with Gasteiger partial charge in [0.1, 0.15) is 11.3 Å². The molecule has 10 nitrogen and oxygen atoms in total. The Labute approximate surface area is 175 Å². The van der Waals surface area contributed by atoms with Crippen LogP contribution >= 0.6 is 0 Å². The van der Waals surface area contributed by atoms with Crippen LogP contribution in [0.4, 0.5) is 11.8 Å². The van der Waals surface area contributed by atoms with Crippen molar-refractivity contribution in [1.82, 2.24) is 29.2 Å². The summed E-state index contributed by atoms with van der Waals surface area (Å²) in [7, 11) is -3.23. The summed E-state index contributed by atoms with van der Waals surface area (Å²) in [5.41, 5.74) is 2.85. The van der Waals surface area contributed by atoms with Crippen LogP contribution in [0.3, 0.4) is 0 Å². The summed E-state index contributed by atoms with van der Waals surface area (Å²) in [5, 5.41) is 6.64. The molecule has 0 aliphatic carbocycles. The molecule has 3 N–H and O–H groups in total. The minimum absolute atomic E-state index is 0.0508. The van der Waals surface area contributed by atoms with Gasteiger partial charge in [0.15, 0.2) is 5.65 Å². The molecule has 0 aromatic carbocycles. The molecule has 160 valence electrons. The molecule has 1 atom stereocenters. The summed E-state index contributed by atoms with van der Waals surface area (Å²) in [6, 6.07) is 1.81. The van der Waals surface area contributed by atoms with Crippen molar-refractivity contribution in [2.24, 2.45) is 0 Å². The molecule has 1 aliphatic rings. The van der Waals surface area contributed by atoms with Crippen molar-refractivity contribution < 1.29 is 8.42 Å². The Bertz CT molecular complexity index is 1130. The second kappa shape index (κ2) is 8.52. The molecule has 0 bridgehead atoms. The number of hydrogen-bond donors (Lipinski definition) is 3. The van der Waals surface area contributed by atoms with Crippen LogP contribution in [0, 0.1) is 0 Å². The second-order valence-corrected chi connectivity index (χ2v) is 9.44. The van der Waals surface area contributed by atoms with Crippen molar-refractivity contribution >= 4 is 33.0 Å². The highest BCUT2D eigenvalue weighted by molar-refractivity contribution is 7.88. The fraction of sp³-hybridized carbons (Fsp3) is 0.474. The van der Waals surface area contributed by atoms with Crippen LogP contribution in [0.1, 0.15) is 26.2 Å². The van der Waals surface area contributed by atoms with Crippen LogP contribution < -0.4 is 10.6 Å². The molecule has 1 saturated heterocycles. The number of hydrogen-bond acceptors (Lipinski definition) is 8. The molecule has 30 heavy (non-hydrogen) atoms. The predicted octanol–water partition coefficient (Wildman–Crippen LogP) is 2.07. The van der Waals surface area contributed by atoms with Crippen LogP contribution in [-0.4, -0.2) is 69.6 Å². The van der Waals surface area contributed by atoms with Crippen molar-refractivity contribution in [3.8, 4) is 11.3 Å². The summed E-state index contributed by atoms with van der Waals surface area (Å²) >= 11 is 0. The van der Waals surface area contributed by atoms with E-state index < -0.39 is 10.0 Å². The molecule has 0 radical (unpaired) electrons. The minimum atomic E-state index is -3.23. The lowest BCUT2D eigenvalue weighted by Crippen LogP contribution is -2.44. The average molecular weight is 431 g/mol. The third kappa shape index (κ3) is 4.51. The maximum Gasteiger partial charge on any atom is 0.224 e. The molecule has 0 amide bonds. The fourth-order valence-electron chi connectivity index (χ4n) is 3.52. The molecular weight excluding hydrogens is 404 g/mol. The summed E-state index contributed by atoms with van der Waals surface area (Å²) in [4.78, 5) is 21.2. The van der Waals surface area contributed by atoms with Gasteiger partial charge in [-0.2, -0.15) is 4.98 Å². The molecule has 4 heterocycles. The second-order valence-electron chi connectivity index (χ2n) is 7.45. The van der Waals surface area contributed by atoms with E-state index in [1.165, 1.54) is 10.6 Å². The molecule has 0 spiro atoms. The highest BCUT2D eigenvalue weighted by Gasteiger charge is 2.27. The van der Waals surface area contributed by atoms with Gasteiger partial charge >= 0.3 is 0 Å². The quantitative estimate of drug-likeness (QED) is 0.520. The molecule has 1 unspecified atom stereocenters. The van der Waals surface area contributed by atoms with Crippen molar-refractivity contribution in [2.75, 3.05) is 36.5 Å². The monoisotopic (exact) mass is 430 g/mol. The number of aromatic amines is 1. The Kier molecular flexibility index (Phi) is 5.82. The summed E-state index contributed by atoms with van der Waals surface area (Å²) in [6.45, 7) is 3.79. The zero-order valence-electron chi connectivity index (χ0n) is 17.1. The number of nitrogens with one attached hydrogen (secondary N) is 3. The van der Waals surface area contributed by atoms with E-state index in [9.17, 15) is 8.42 Å². The average Bonchev–Trinajstić information content (AvgIpc) is 3.20. The van der Waals surface area contributed by atoms with E-state index in [1.54, 1.807) is 18.6 Å². The van der Waals surface area contributed by atoms with Crippen molar-refractivity contribution in [3.63, 3.8) is 0 Å². The summed E-state index contributed by atoms with van der Waals surface area (Å²) < 4.78 is 25.5. The number of H-pyrrole nitrogens is 1. The Morgan fingerprint density at radius 3 is 2.93 bits per heavy atom. The van der Waals surface area contributed by atoms with Crippen molar-refractivity contribution in [1.29, 1.82) is 0 Å². The molecule has 3 aromatic heterocycles. The van der Waals surface area contributed by atoms with Gasteiger partial charge in [0.05, 0.1) is 23.7 Å². The normalized spacial score (nSPS) is 17.9. The fourth-order valence-corrected chi connectivity index (χ4v) is 4.43. The number of nitrogens with zero attached hydrogens (tertiary/aromatic N) is 5. The lowest BCUT2D eigenvalue weighted by Gasteiger charge is -2.32. The number of piperidine rings is 1. The van der Waals surface area contributed by atoms with Crippen LogP contribution in [0.25, 0.3) is 22.4 Å². The Hall–Kier alpha value is -2.79. The Balaban J connectivity index is 1.66. The number of anilines is 2. The van der Waals surface area contributed by atoms with Gasteiger partial charge in [0.25, 0.3) is 0 Å². The number of aromatic nitrogens is 5. The van der Waals surface area contributed by atoms with Gasteiger partial charge in [-0.1, -0.05) is 6.92 Å². The minimum Gasteiger partial charge on any atom is -0.365 e. The molecule has 0 saturated carbocycles. The number of sulfonamides is 1. The smallest absolute Gasteiger partial charge is 0.224 e. The molecule has 11 heteroatoms. The largest absolute Gasteiger partial charge is 0.365 e. The summed E-state index contributed by atoms with van der Waals surface area (Å²) in [5.74, 6) is 1.14. The van der Waals surface area contributed by atoms with Gasteiger partial charge in [0, 0.05) is 38.1 Å². The van der Waals surface area contributed by atoms with Crippen LogP contribution in [0.5, 0.6) is 0 Å². The highest BCUT2D eigenvalue weighted by Crippen LogP contribution is 2.28. The lowest BCUT2D eigenvalue weighted by atomic mass is 10.1. The standard InChI is InChI=1S/C19H26N8O2S/c1-3-7-21-19-23-10-14(16-11-22-18-15(25-16)6-8-20-18)17(26-19)24-13-5-4-9-27(12-13)30(2,28)29/h6,8,10-11,13H,3-5,7,9,12H2,1-2H3,(H,20,22)(H2,21,23,24,26). The third-order valence-corrected chi connectivity index (χ3v) is 6.32. The van der Waals surface area contributed by atoms with E-state index in [2.05, 4.69) is 42.5 Å². The molecule has 4 rings (SSSR count). The van der Waals surface area contributed by atoms with E-state index in [4.69, 9.17) is 0 Å². The first-order chi connectivity index (χ1) is 14.4. The van der Waals surface area contributed by atoms with E-state index >= 15 is 0 Å². The molecule has 1 fully saturated rings. The van der Waals surface area contributed by atoms with E-state index in [-0.39, 0.29) is 6.04 Å². The van der Waals surface area contributed by atoms with Gasteiger partial charge in [-0.05, 0) is 25.3 Å². The maximum atomic E-state index is 12.0. The summed E-state index contributed by atoms with van der Waals surface area (Å²) in [6.07, 6.45) is 9.06. The lowest BCUT2D eigenvalue weighted by molar-refractivity contribution is 0.329. The first-order valence-corrected chi connectivity index (χ1v) is 11.9. The van der Waals surface area contributed by atoms with Gasteiger partial charge in [0.2, 0.25) is 16.0 Å². The highest BCUT2D eigenvalue weighted by atomic mass is 32.2. The molecular formula is C19H26N8O2S. The molecule has 3 aromatic rings. The van der Waals surface area contributed by atoms with Crippen LogP contribution in [0.15, 0.2) is 24.7 Å². The van der Waals surface area contributed by atoms with Crippen LogP contribution in [-0.2, 0) is 10.0 Å².